The van der Waals surface area contributed by atoms with E-state index in [-0.39, 0.29) is 5.91 Å². The second kappa shape index (κ2) is 7.83. The lowest BCUT2D eigenvalue weighted by Gasteiger charge is -2.33. The van der Waals surface area contributed by atoms with E-state index >= 15 is 0 Å². The lowest BCUT2D eigenvalue weighted by Crippen LogP contribution is -2.48. The molecule has 126 valence electrons. The van der Waals surface area contributed by atoms with Gasteiger partial charge in [0.1, 0.15) is 17.8 Å². The summed E-state index contributed by atoms with van der Waals surface area (Å²) in [6.07, 6.45) is 4.94. The van der Waals surface area contributed by atoms with Crippen LogP contribution in [0, 0.1) is 0 Å². The Balaban J connectivity index is 1.61. The second-order valence-electron chi connectivity index (χ2n) is 5.72. The molecule has 3 heterocycles. The second-order valence-corrected chi connectivity index (χ2v) is 5.72. The van der Waals surface area contributed by atoms with Gasteiger partial charge in [0.05, 0.1) is 0 Å². The third-order valence-corrected chi connectivity index (χ3v) is 4.22. The van der Waals surface area contributed by atoms with E-state index in [1.807, 2.05) is 17.0 Å². The number of nitrogens with zero attached hydrogens (tertiary/aromatic N) is 5. The van der Waals surface area contributed by atoms with Crippen LogP contribution >= 0.6 is 0 Å². The predicted octanol–water partition coefficient (Wildman–Crippen LogP) is 1.26. The van der Waals surface area contributed by atoms with E-state index in [2.05, 4.69) is 32.1 Å². The Morgan fingerprint density at radius 3 is 2.62 bits per heavy atom. The molecule has 0 bridgehead atoms. The van der Waals surface area contributed by atoms with Crippen LogP contribution in [0.3, 0.4) is 0 Å². The molecule has 0 saturated carbocycles. The maximum atomic E-state index is 12.6. The molecule has 0 atom stereocenters. The van der Waals surface area contributed by atoms with E-state index in [0.29, 0.717) is 18.1 Å². The molecule has 24 heavy (non-hydrogen) atoms. The highest BCUT2D eigenvalue weighted by Crippen LogP contribution is 2.11. The fourth-order valence-corrected chi connectivity index (χ4v) is 2.69. The van der Waals surface area contributed by atoms with E-state index in [9.17, 15) is 4.79 Å². The fourth-order valence-electron chi connectivity index (χ4n) is 2.69. The van der Waals surface area contributed by atoms with Crippen LogP contribution < -0.4 is 5.32 Å². The zero-order chi connectivity index (χ0) is 16.8. The topological polar surface area (TPSA) is 74.2 Å². The van der Waals surface area contributed by atoms with Crippen LogP contribution in [-0.4, -0.2) is 63.4 Å². The summed E-state index contributed by atoms with van der Waals surface area (Å²) in [4.78, 5) is 29.1. The number of anilines is 1. The van der Waals surface area contributed by atoms with Crippen LogP contribution in [0.4, 0.5) is 5.82 Å². The van der Waals surface area contributed by atoms with Gasteiger partial charge in [-0.2, -0.15) is 0 Å². The van der Waals surface area contributed by atoms with E-state index in [1.165, 1.54) is 6.33 Å². The summed E-state index contributed by atoms with van der Waals surface area (Å²) in [6.45, 7) is 7.12. The Hall–Kier alpha value is -2.54. The number of hydrogen-bond donors (Lipinski definition) is 1. The molecule has 1 fully saturated rings. The Kier molecular flexibility index (Phi) is 5.32. The zero-order valence-corrected chi connectivity index (χ0v) is 13.9. The summed E-state index contributed by atoms with van der Waals surface area (Å²) in [5, 5.41) is 3.22. The highest BCUT2D eigenvalue weighted by atomic mass is 16.2. The van der Waals surface area contributed by atoms with Crippen molar-refractivity contribution < 1.29 is 4.79 Å². The third-order valence-electron chi connectivity index (χ3n) is 4.22. The summed E-state index contributed by atoms with van der Waals surface area (Å²) >= 11 is 0. The van der Waals surface area contributed by atoms with E-state index in [4.69, 9.17) is 0 Å². The lowest BCUT2D eigenvalue weighted by molar-refractivity contribution is 0.0637. The van der Waals surface area contributed by atoms with Crippen LogP contribution in [0.5, 0.6) is 0 Å². The van der Waals surface area contributed by atoms with Gasteiger partial charge in [-0.1, -0.05) is 6.92 Å². The van der Waals surface area contributed by atoms with Crippen molar-refractivity contribution in [3.63, 3.8) is 0 Å². The molecule has 7 heteroatoms. The SMILES string of the molecule is CCN1CCN(C(=O)c2cc(NCc3ccncc3)ncn2)CC1. The number of hydrogen-bond acceptors (Lipinski definition) is 6. The molecule has 0 spiro atoms. The molecule has 0 unspecified atom stereocenters. The molecule has 1 aliphatic rings. The Morgan fingerprint density at radius 1 is 1.17 bits per heavy atom. The summed E-state index contributed by atoms with van der Waals surface area (Å²) in [6, 6.07) is 5.59. The maximum Gasteiger partial charge on any atom is 0.272 e. The minimum Gasteiger partial charge on any atom is -0.366 e. The van der Waals surface area contributed by atoms with Gasteiger partial charge in [0.25, 0.3) is 5.91 Å². The molecular formula is C17H22N6O. The van der Waals surface area contributed by atoms with E-state index < -0.39 is 0 Å². The first-order valence-electron chi connectivity index (χ1n) is 8.22. The van der Waals surface area contributed by atoms with E-state index in [1.54, 1.807) is 18.5 Å². The molecule has 2 aromatic rings. The smallest absolute Gasteiger partial charge is 0.272 e. The standard InChI is InChI=1S/C17H22N6O/c1-2-22-7-9-23(10-8-22)17(24)15-11-16(21-13-20-15)19-12-14-3-5-18-6-4-14/h3-6,11,13H,2,7-10,12H2,1H3,(H,19,20,21). The zero-order valence-electron chi connectivity index (χ0n) is 13.9. The Labute approximate surface area is 141 Å². The van der Waals surface area contributed by atoms with Crippen LogP contribution in [-0.2, 0) is 6.54 Å². The predicted molar refractivity (Wildman–Crippen MR) is 91.6 cm³/mol. The highest BCUT2D eigenvalue weighted by Gasteiger charge is 2.22. The average Bonchev–Trinajstić information content (AvgIpc) is 2.67. The molecule has 3 rings (SSSR count). The number of aromatic nitrogens is 3. The lowest BCUT2D eigenvalue weighted by atomic mass is 10.2. The normalized spacial score (nSPS) is 15.3. The van der Waals surface area contributed by atoms with Crippen molar-refractivity contribution in [2.45, 2.75) is 13.5 Å². The molecule has 1 amide bonds. The van der Waals surface area contributed by atoms with Crippen molar-refractivity contribution in [2.24, 2.45) is 0 Å². The van der Waals surface area contributed by atoms with Gasteiger partial charge in [-0.25, -0.2) is 9.97 Å². The van der Waals surface area contributed by atoms with Gasteiger partial charge in [-0.3, -0.25) is 9.78 Å². The first kappa shape index (κ1) is 16.3. The monoisotopic (exact) mass is 326 g/mol. The van der Waals surface area contributed by atoms with Gasteiger partial charge in [0, 0.05) is 51.2 Å². The van der Waals surface area contributed by atoms with Crippen LogP contribution in [0.15, 0.2) is 36.9 Å². The number of pyridine rings is 1. The number of carbonyl (C=O) groups is 1. The molecule has 1 saturated heterocycles. The molecular weight excluding hydrogens is 304 g/mol. The number of rotatable bonds is 5. The minimum atomic E-state index is -0.0277. The average molecular weight is 326 g/mol. The quantitative estimate of drug-likeness (QED) is 0.892. The van der Waals surface area contributed by atoms with Crippen molar-refractivity contribution in [1.29, 1.82) is 0 Å². The largest absolute Gasteiger partial charge is 0.366 e. The number of nitrogens with one attached hydrogen (secondary N) is 1. The van der Waals surface area contributed by atoms with Crippen molar-refractivity contribution in [2.75, 3.05) is 38.0 Å². The Bertz CT molecular complexity index is 670. The molecule has 0 aromatic carbocycles. The number of amides is 1. The molecule has 1 aliphatic heterocycles. The fraction of sp³-hybridized carbons (Fsp3) is 0.412. The van der Waals surface area contributed by atoms with Crippen LogP contribution in [0.2, 0.25) is 0 Å². The van der Waals surface area contributed by atoms with Crippen LogP contribution in [0.25, 0.3) is 0 Å². The molecule has 2 aromatic heterocycles. The number of carbonyl (C=O) groups excluding carboxylic acids is 1. The highest BCUT2D eigenvalue weighted by molar-refractivity contribution is 5.93. The van der Waals surface area contributed by atoms with E-state index in [0.717, 1.165) is 38.3 Å². The maximum absolute atomic E-state index is 12.6. The summed E-state index contributed by atoms with van der Waals surface area (Å²) in [5.74, 6) is 0.623. The van der Waals surface area contributed by atoms with Crippen molar-refractivity contribution in [3.8, 4) is 0 Å². The number of likely N-dealkylation sites (N-methyl/N-ethyl adjacent to an activating group) is 1. The Morgan fingerprint density at radius 2 is 1.92 bits per heavy atom. The molecule has 7 nitrogen and oxygen atoms in total. The van der Waals surface area contributed by atoms with Gasteiger partial charge in [-0.05, 0) is 24.2 Å². The van der Waals surface area contributed by atoms with Crippen molar-refractivity contribution in [3.05, 3.63) is 48.2 Å². The summed E-state index contributed by atoms with van der Waals surface area (Å²) in [7, 11) is 0. The van der Waals surface area contributed by atoms with Gasteiger partial charge in [-0.15, -0.1) is 0 Å². The molecule has 1 N–H and O–H groups in total. The molecule has 0 aliphatic carbocycles. The first-order valence-corrected chi connectivity index (χ1v) is 8.22. The van der Waals surface area contributed by atoms with Gasteiger partial charge >= 0.3 is 0 Å². The van der Waals surface area contributed by atoms with Gasteiger partial charge in [0.2, 0.25) is 0 Å². The third kappa shape index (κ3) is 4.05. The molecule has 0 radical (unpaired) electrons. The minimum absolute atomic E-state index is 0.0277. The van der Waals surface area contributed by atoms with Crippen molar-refractivity contribution in [1.82, 2.24) is 24.8 Å². The summed E-state index contributed by atoms with van der Waals surface area (Å²) < 4.78 is 0. The van der Waals surface area contributed by atoms with Crippen LogP contribution in [0.1, 0.15) is 23.0 Å². The van der Waals surface area contributed by atoms with Crippen molar-refractivity contribution >= 4 is 11.7 Å². The number of piperazine rings is 1. The summed E-state index contributed by atoms with van der Waals surface area (Å²) in [5.41, 5.74) is 1.54. The van der Waals surface area contributed by atoms with Gasteiger partial charge < -0.3 is 15.1 Å². The van der Waals surface area contributed by atoms with Gasteiger partial charge in [0.15, 0.2) is 0 Å². The first-order chi connectivity index (χ1) is 11.8.